The Morgan fingerprint density at radius 3 is 2.23 bits per heavy atom. The molecule has 3 aromatic rings. The summed E-state index contributed by atoms with van der Waals surface area (Å²) in [4.78, 5) is 0. The van der Waals surface area contributed by atoms with Crippen LogP contribution >= 0.6 is 0 Å². The van der Waals surface area contributed by atoms with Gasteiger partial charge in [0.25, 0.3) is 0 Å². The first kappa shape index (κ1) is 25.0. The van der Waals surface area contributed by atoms with Crippen LogP contribution in [0.4, 0.5) is 0 Å². The zero-order valence-electron chi connectivity index (χ0n) is 15.5. The molecule has 3 heteroatoms. The molecular weight excluding hydrogens is 395 g/mol. The second kappa shape index (κ2) is 13.2. The minimum atomic E-state index is 0. The van der Waals surface area contributed by atoms with Crippen LogP contribution < -0.4 is 24.8 Å². The molecule has 0 saturated carbocycles. The van der Waals surface area contributed by atoms with Crippen molar-refractivity contribution >= 4 is 3.81 Å². The third-order valence-electron chi connectivity index (χ3n) is 3.76. The van der Waals surface area contributed by atoms with E-state index in [1.54, 1.807) is 0 Å². The average molecular weight is 419 g/mol. The molecule has 0 heterocycles. The summed E-state index contributed by atoms with van der Waals surface area (Å²) in [6.07, 6.45) is 2.21. The van der Waals surface area contributed by atoms with Crippen molar-refractivity contribution in [2.24, 2.45) is 0 Å². The summed E-state index contributed by atoms with van der Waals surface area (Å²) < 4.78 is 1.42. The maximum absolute atomic E-state index is 3.30. The van der Waals surface area contributed by atoms with Gasteiger partial charge in [0.1, 0.15) is 0 Å². The van der Waals surface area contributed by atoms with Gasteiger partial charge in [0, 0.05) is 0 Å². The number of benzene rings is 2. The fourth-order valence-corrected chi connectivity index (χ4v) is 2.65. The predicted molar refractivity (Wildman–Crippen MR) is 101 cm³/mol. The van der Waals surface area contributed by atoms with Gasteiger partial charge in [-0.1, -0.05) is 48.7 Å². The Balaban J connectivity index is 0.000000415. The molecule has 0 saturated heterocycles. The van der Waals surface area contributed by atoms with E-state index < -0.39 is 0 Å². The standard InChI is InChI=1S/C13H9.C7H9.C3H6.2ClH.Ti/c1-3-7-12-10(5-1)9-11-6-2-4-8-13(11)12;1-2-7-5-3-4-6-7;1-3-2;;;/h1-5,7-8H,9H2;3-6H,2H2,1H3;1-2H3;2*1H;/q2*-1;;;;+2/p-2. The molecule has 0 atom stereocenters. The monoisotopic (exact) mass is 418 g/mol. The van der Waals surface area contributed by atoms with Crippen LogP contribution in [0.3, 0.4) is 0 Å². The van der Waals surface area contributed by atoms with Gasteiger partial charge in [-0.2, -0.15) is 47.5 Å². The van der Waals surface area contributed by atoms with Gasteiger partial charge < -0.3 is 24.8 Å². The molecule has 0 radical (unpaired) electrons. The average Bonchev–Trinajstić information content (AvgIpc) is 3.22. The van der Waals surface area contributed by atoms with Gasteiger partial charge in [-0.15, -0.1) is 5.56 Å². The Morgan fingerprint density at radius 2 is 1.65 bits per heavy atom. The zero-order chi connectivity index (χ0) is 17.4. The normalized spacial score (nSPS) is 9.73. The van der Waals surface area contributed by atoms with E-state index in [9.17, 15) is 0 Å². The van der Waals surface area contributed by atoms with Crippen LogP contribution in [0, 0.1) is 6.07 Å². The number of halogens is 2. The van der Waals surface area contributed by atoms with Gasteiger partial charge in [0.2, 0.25) is 0 Å². The molecule has 1 aliphatic rings. The molecule has 0 fully saturated rings. The minimum absolute atomic E-state index is 0. The second-order valence-electron chi connectivity index (χ2n) is 6.04. The van der Waals surface area contributed by atoms with Crippen LogP contribution in [0.2, 0.25) is 0 Å². The van der Waals surface area contributed by atoms with E-state index in [0.717, 1.165) is 12.8 Å². The molecule has 1 aliphatic carbocycles. The van der Waals surface area contributed by atoms with Crippen LogP contribution in [0.1, 0.15) is 37.5 Å². The third kappa shape index (κ3) is 7.68. The second-order valence-corrected chi connectivity index (χ2v) is 7.60. The fraction of sp³-hybridized carbons (Fsp3) is 0.217. The number of rotatable bonds is 1. The maximum atomic E-state index is 3.30. The Hall–Kier alpha value is -1.05. The molecule has 0 bridgehead atoms. The van der Waals surface area contributed by atoms with Crippen molar-refractivity contribution in [2.75, 3.05) is 0 Å². The summed E-state index contributed by atoms with van der Waals surface area (Å²) in [5, 5.41) is 0. The first-order valence-electron chi connectivity index (χ1n) is 8.42. The van der Waals surface area contributed by atoms with E-state index in [2.05, 4.69) is 107 Å². The number of fused-ring (bicyclic) bond motifs is 3. The summed E-state index contributed by atoms with van der Waals surface area (Å²) in [5.41, 5.74) is 6.94. The van der Waals surface area contributed by atoms with Crippen LogP contribution in [-0.2, 0) is 32.8 Å². The fourth-order valence-electron chi connectivity index (χ4n) is 2.65. The van der Waals surface area contributed by atoms with Crippen LogP contribution in [0.15, 0.2) is 66.7 Å². The molecule has 4 rings (SSSR count). The Morgan fingerprint density at radius 1 is 1.00 bits per heavy atom. The maximum Gasteiger partial charge on any atom is -0.0253 e. The molecule has 0 spiro atoms. The van der Waals surface area contributed by atoms with Crippen molar-refractivity contribution in [3.8, 4) is 11.1 Å². The minimum Gasteiger partial charge on any atom is -1.00 e. The SMILES string of the molecule is CCc1ccc[cH-]1.C[C](C)=[Ti+2].[Cl-].[Cl-].[c-]1cccc2c1Cc1ccccc1-2. The molecular formula is C23H24Cl2Ti-2. The topological polar surface area (TPSA) is 0 Å². The van der Waals surface area contributed by atoms with E-state index in [1.165, 1.54) is 31.6 Å². The van der Waals surface area contributed by atoms with Gasteiger partial charge in [0.05, 0.1) is 0 Å². The third-order valence-corrected chi connectivity index (χ3v) is 3.76. The van der Waals surface area contributed by atoms with Crippen molar-refractivity contribution in [3.05, 3.63) is 89.5 Å². The largest absolute Gasteiger partial charge is 1.00 e. The molecule has 26 heavy (non-hydrogen) atoms. The van der Waals surface area contributed by atoms with Gasteiger partial charge in [-0.3, -0.25) is 0 Å². The first-order valence-corrected chi connectivity index (χ1v) is 9.20. The van der Waals surface area contributed by atoms with Crippen molar-refractivity contribution in [1.29, 1.82) is 0 Å². The van der Waals surface area contributed by atoms with E-state index >= 15 is 0 Å². The first-order chi connectivity index (χ1) is 11.6. The smallest absolute Gasteiger partial charge is 0.0253 e. The van der Waals surface area contributed by atoms with Crippen molar-refractivity contribution in [2.45, 2.75) is 33.6 Å². The molecule has 0 unspecified atom stereocenters. The Labute approximate surface area is 182 Å². The summed E-state index contributed by atoms with van der Waals surface area (Å²) in [6.45, 7) is 6.33. The van der Waals surface area contributed by atoms with E-state index in [1.807, 2.05) is 6.07 Å². The number of hydrogen-bond donors (Lipinski definition) is 0. The van der Waals surface area contributed by atoms with Crippen molar-refractivity contribution in [1.82, 2.24) is 0 Å². The number of hydrogen-bond acceptors (Lipinski definition) is 0. The Bertz CT molecular complexity index is 729. The summed E-state index contributed by atoms with van der Waals surface area (Å²) >= 11 is 2.08. The van der Waals surface area contributed by atoms with Crippen LogP contribution in [0.5, 0.6) is 0 Å². The summed E-state index contributed by atoms with van der Waals surface area (Å²) in [6, 6.07) is 26.5. The number of aryl methyl sites for hydroxylation is 1. The van der Waals surface area contributed by atoms with Crippen LogP contribution in [-0.4, -0.2) is 3.81 Å². The van der Waals surface area contributed by atoms with Crippen molar-refractivity contribution < 1.29 is 44.8 Å². The van der Waals surface area contributed by atoms with E-state index in [-0.39, 0.29) is 24.8 Å². The van der Waals surface area contributed by atoms with Crippen LogP contribution in [0.25, 0.3) is 11.1 Å². The zero-order valence-corrected chi connectivity index (χ0v) is 18.6. The van der Waals surface area contributed by atoms with Gasteiger partial charge >= 0.3 is 37.6 Å². The molecule has 0 aromatic heterocycles. The molecule has 3 aromatic carbocycles. The van der Waals surface area contributed by atoms with Gasteiger partial charge in [0.15, 0.2) is 0 Å². The summed E-state index contributed by atoms with van der Waals surface area (Å²) in [5.74, 6) is 0. The van der Waals surface area contributed by atoms with E-state index in [4.69, 9.17) is 0 Å². The van der Waals surface area contributed by atoms with Crippen molar-refractivity contribution in [3.63, 3.8) is 0 Å². The van der Waals surface area contributed by atoms with Gasteiger partial charge in [-0.25, -0.2) is 12.1 Å². The predicted octanol–water partition coefficient (Wildman–Crippen LogP) is -0.221. The molecule has 0 aliphatic heterocycles. The molecule has 136 valence electrons. The molecule has 0 nitrogen and oxygen atoms in total. The Kier molecular flexibility index (Phi) is 12.6. The molecule has 0 amide bonds. The summed E-state index contributed by atoms with van der Waals surface area (Å²) in [7, 11) is 0. The molecule has 0 N–H and O–H groups in total. The quantitative estimate of drug-likeness (QED) is 0.296. The van der Waals surface area contributed by atoms with Gasteiger partial charge in [-0.05, 0) is 6.42 Å². The van der Waals surface area contributed by atoms with E-state index in [0.29, 0.717) is 0 Å².